The third kappa shape index (κ3) is 7.21. The van der Waals surface area contributed by atoms with E-state index in [1.165, 1.54) is 0 Å². The van der Waals surface area contributed by atoms with Gasteiger partial charge in [0.05, 0.1) is 18.2 Å². The van der Waals surface area contributed by atoms with Gasteiger partial charge in [0, 0.05) is 64.1 Å². The van der Waals surface area contributed by atoms with Crippen LogP contribution in [0.1, 0.15) is 83.2 Å². The summed E-state index contributed by atoms with van der Waals surface area (Å²) in [5.41, 5.74) is 0.925. The van der Waals surface area contributed by atoms with E-state index in [1.807, 2.05) is 35.2 Å². The zero-order chi connectivity index (χ0) is 29.2. The van der Waals surface area contributed by atoms with Gasteiger partial charge >= 0.3 is 6.03 Å². The van der Waals surface area contributed by atoms with Gasteiger partial charge in [-0.15, -0.1) is 12.4 Å². The molecule has 236 valence electrons. The van der Waals surface area contributed by atoms with Crippen molar-refractivity contribution in [2.24, 2.45) is 11.8 Å². The molecule has 1 N–H and O–H groups in total. The fourth-order valence-corrected chi connectivity index (χ4v) is 7.90. The van der Waals surface area contributed by atoms with Crippen LogP contribution in [-0.4, -0.2) is 90.1 Å². The van der Waals surface area contributed by atoms with Gasteiger partial charge in [-0.2, -0.15) is 0 Å². The highest BCUT2D eigenvalue weighted by molar-refractivity contribution is 5.85. The topological polar surface area (TPSA) is 65.1 Å². The molecule has 7 nitrogen and oxygen atoms in total. The van der Waals surface area contributed by atoms with E-state index < -0.39 is 5.92 Å². The Morgan fingerprint density at radius 3 is 2.29 bits per heavy atom. The maximum absolute atomic E-state index is 13.7. The van der Waals surface area contributed by atoms with Gasteiger partial charge < -0.3 is 19.9 Å². The van der Waals surface area contributed by atoms with Crippen LogP contribution in [0.4, 0.5) is 13.6 Å². The fourth-order valence-electron chi connectivity index (χ4n) is 7.90. The molecule has 2 bridgehead atoms. The lowest BCUT2D eigenvalue weighted by molar-refractivity contribution is -0.130. The summed E-state index contributed by atoms with van der Waals surface area (Å²) in [6, 6.07) is 10.8. The van der Waals surface area contributed by atoms with Crippen molar-refractivity contribution in [1.82, 2.24) is 20.0 Å². The molecule has 1 aliphatic carbocycles. The first kappa shape index (κ1) is 32.9. The summed E-state index contributed by atoms with van der Waals surface area (Å²) in [6.07, 6.45) is 5.05. The third-order valence-electron chi connectivity index (χ3n) is 9.96. The predicted molar refractivity (Wildman–Crippen MR) is 162 cm³/mol. The number of halogens is 3. The van der Waals surface area contributed by atoms with E-state index in [0.717, 1.165) is 57.3 Å². The van der Waals surface area contributed by atoms with Gasteiger partial charge in [0.2, 0.25) is 11.8 Å². The summed E-state index contributed by atoms with van der Waals surface area (Å²) >= 11 is 0. The summed E-state index contributed by atoms with van der Waals surface area (Å²) in [4.78, 5) is 33.5. The van der Waals surface area contributed by atoms with Crippen molar-refractivity contribution in [1.29, 1.82) is 0 Å². The number of nitrogens with zero attached hydrogens (tertiary/aromatic N) is 3. The first-order chi connectivity index (χ1) is 19.6. The zero-order valence-electron chi connectivity index (χ0n) is 25.4. The molecule has 0 aromatic heterocycles. The molecular weight excluding hydrogens is 562 g/mol. The third-order valence-corrected chi connectivity index (χ3v) is 9.96. The number of carbonyl (C=O) groups excluding carboxylic acids is 2. The van der Waals surface area contributed by atoms with E-state index in [9.17, 15) is 18.4 Å². The average molecular weight is 611 g/mol. The molecule has 3 heterocycles. The monoisotopic (exact) mass is 610 g/mol. The van der Waals surface area contributed by atoms with Gasteiger partial charge in [-0.3, -0.25) is 9.69 Å². The average Bonchev–Trinajstić information content (AvgIpc) is 3.33. The molecule has 3 saturated heterocycles. The number of rotatable bonds is 11. The first-order valence-electron chi connectivity index (χ1n) is 15.7. The molecule has 1 aromatic rings. The number of piperidine rings is 1. The summed E-state index contributed by atoms with van der Waals surface area (Å²) in [6.45, 7) is 7.94. The summed E-state index contributed by atoms with van der Waals surface area (Å²) < 4.78 is 32.7. The second-order valence-electron chi connectivity index (χ2n) is 13.3. The number of alkyl halides is 2. The lowest BCUT2D eigenvalue weighted by atomic mass is 9.81. The first-order valence-corrected chi connectivity index (χ1v) is 15.7. The van der Waals surface area contributed by atoms with Crippen molar-refractivity contribution < 1.29 is 23.1 Å². The molecule has 1 aromatic carbocycles. The van der Waals surface area contributed by atoms with E-state index in [2.05, 4.69) is 29.0 Å². The fraction of sp³-hybridized carbons (Fsp3) is 0.750. The Bertz CT molecular complexity index is 1040. The summed E-state index contributed by atoms with van der Waals surface area (Å²) in [7, 11) is 1.68. The van der Waals surface area contributed by atoms with Crippen LogP contribution in [0, 0.1) is 11.8 Å². The largest absolute Gasteiger partial charge is 0.383 e. The minimum absolute atomic E-state index is 0. The molecular formula is C32H49ClF2N4O3. The van der Waals surface area contributed by atoms with Gasteiger partial charge in [0.15, 0.2) is 0 Å². The van der Waals surface area contributed by atoms with Crippen molar-refractivity contribution in [2.45, 2.75) is 101 Å². The van der Waals surface area contributed by atoms with Crippen LogP contribution in [0.25, 0.3) is 0 Å². The molecule has 42 heavy (non-hydrogen) atoms. The number of carbonyl (C=O) groups is 2. The zero-order valence-corrected chi connectivity index (χ0v) is 26.2. The Balaban J connectivity index is 0.00000405. The quantitative estimate of drug-likeness (QED) is 0.340. The van der Waals surface area contributed by atoms with Gasteiger partial charge in [-0.05, 0) is 56.4 Å². The van der Waals surface area contributed by atoms with Crippen LogP contribution in [-0.2, 0) is 9.53 Å². The molecule has 10 heteroatoms. The lowest BCUT2D eigenvalue weighted by Gasteiger charge is -2.48. The van der Waals surface area contributed by atoms with Crippen LogP contribution in [0.15, 0.2) is 30.3 Å². The van der Waals surface area contributed by atoms with Crippen LogP contribution in [0.3, 0.4) is 0 Å². The van der Waals surface area contributed by atoms with Gasteiger partial charge in [-0.1, -0.05) is 44.2 Å². The van der Waals surface area contributed by atoms with E-state index in [-0.39, 0.29) is 67.5 Å². The summed E-state index contributed by atoms with van der Waals surface area (Å²) in [5.74, 6) is -2.69. The Morgan fingerprint density at radius 2 is 1.69 bits per heavy atom. The van der Waals surface area contributed by atoms with E-state index in [1.54, 1.807) is 7.11 Å². The second-order valence-corrected chi connectivity index (χ2v) is 13.3. The molecule has 0 radical (unpaired) electrons. The molecule has 1 saturated carbocycles. The standard InChI is InChI=1S/C32H48F2N4O3.ClH/c1-23(2)21-38-30(40)36(17-18-41-3)22-31(38)19-26-9-10-27(20-31)37(26)16-13-28(24-7-5-4-6-8-24)35-29(39)25-11-14-32(33,34)15-12-25;/h4-8,23,25-28H,9-22H2,1-3H3,(H,35,39);1H/t26?,27?,28-,31?;/m0./s1. The number of methoxy groups -OCH3 is 1. The number of urea groups is 1. The van der Waals surface area contributed by atoms with Crippen LogP contribution >= 0.6 is 12.4 Å². The van der Waals surface area contributed by atoms with Crippen molar-refractivity contribution in [3.63, 3.8) is 0 Å². The predicted octanol–water partition coefficient (Wildman–Crippen LogP) is 5.89. The number of benzene rings is 1. The molecule has 3 atom stereocenters. The maximum Gasteiger partial charge on any atom is 0.320 e. The van der Waals surface area contributed by atoms with Gasteiger partial charge in [0.25, 0.3) is 0 Å². The Hall–Kier alpha value is -1.97. The highest BCUT2D eigenvalue weighted by atomic mass is 35.5. The smallest absolute Gasteiger partial charge is 0.320 e. The van der Waals surface area contributed by atoms with E-state index in [0.29, 0.717) is 31.2 Å². The number of hydrogen-bond acceptors (Lipinski definition) is 4. The van der Waals surface area contributed by atoms with Crippen molar-refractivity contribution in [3.05, 3.63) is 35.9 Å². The van der Waals surface area contributed by atoms with Gasteiger partial charge in [0.1, 0.15) is 0 Å². The summed E-state index contributed by atoms with van der Waals surface area (Å²) in [5, 5.41) is 3.25. The normalized spacial score (nSPS) is 28.4. The molecule has 2 unspecified atom stereocenters. The lowest BCUT2D eigenvalue weighted by Crippen LogP contribution is -2.59. The van der Waals surface area contributed by atoms with Crippen molar-refractivity contribution >= 4 is 24.3 Å². The van der Waals surface area contributed by atoms with E-state index in [4.69, 9.17) is 4.74 Å². The minimum atomic E-state index is -2.64. The maximum atomic E-state index is 13.7. The van der Waals surface area contributed by atoms with Gasteiger partial charge in [-0.25, -0.2) is 13.6 Å². The Labute approximate surface area is 256 Å². The minimum Gasteiger partial charge on any atom is -0.383 e. The molecule has 5 rings (SSSR count). The Morgan fingerprint density at radius 1 is 1.05 bits per heavy atom. The van der Waals surface area contributed by atoms with Crippen LogP contribution < -0.4 is 5.32 Å². The molecule has 3 amide bonds. The van der Waals surface area contributed by atoms with Crippen LogP contribution in [0.5, 0.6) is 0 Å². The number of ether oxygens (including phenoxy) is 1. The van der Waals surface area contributed by atoms with Crippen molar-refractivity contribution in [3.8, 4) is 0 Å². The Kier molecular flexibility index (Phi) is 10.8. The number of hydrogen-bond donors (Lipinski definition) is 1. The molecule has 3 aliphatic heterocycles. The highest BCUT2D eigenvalue weighted by Gasteiger charge is 2.57. The van der Waals surface area contributed by atoms with Crippen LogP contribution in [0.2, 0.25) is 0 Å². The molecule has 1 spiro atoms. The number of fused-ring (bicyclic) bond motifs is 2. The highest BCUT2D eigenvalue weighted by Crippen LogP contribution is 2.47. The molecule has 4 aliphatic rings. The second kappa shape index (κ2) is 13.8. The number of amides is 3. The van der Waals surface area contributed by atoms with E-state index >= 15 is 0 Å². The SMILES string of the molecule is COCCN1CC2(CC3CCC(C2)N3CC[C@H](NC(=O)C2CCC(F)(F)CC2)c2ccccc2)N(CC(C)C)C1=O.Cl. The molecule has 4 fully saturated rings. The van der Waals surface area contributed by atoms with Crippen molar-refractivity contribution in [2.75, 3.05) is 39.9 Å². The number of nitrogens with one attached hydrogen (secondary N) is 1.